The van der Waals surface area contributed by atoms with E-state index in [9.17, 15) is 4.79 Å². The van der Waals surface area contributed by atoms with E-state index in [2.05, 4.69) is 13.8 Å². The Morgan fingerprint density at radius 3 is 2.71 bits per heavy atom. The van der Waals surface area contributed by atoms with Crippen molar-refractivity contribution in [2.45, 2.75) is 63.0 Å². The minimum absolute atomic E-state index is 0.0999. The molecule has 0 N–H and O–H groups in total. The SMILES string of the molecule is CCCCC(=O)C(CCC)Sc1ccoc1C. The van der Waals surface area contributed by atoms with Gasteiger partial charge in [-0.25, -0.2) is 0 Å². The van der Waals surface area contributed by atoms with Gasteiger partial charge in [0.15, 0.2) is 0 Å². The summed E-state index contributed by atoms with van der Waals surface area (Å²) in [6, 6.07) is 1.95. The minimum atomic E-state index is 0.0999. The van der Waals surface area contributed by atoms with Crippen molar-refractivity contribution in [1.29, 1.82) is 0 Å². The van der Waals surface area contributed by atoms with Gasteiger partial charge in [0.2, 0.25) is 0 Å². The Morgan fingerprint density at radius 2 is 2.18 bits per heavy atom. The molecule has 0 spiro atoms. The fourth-order valence-corrected chi connectivity index (χ4v) is 2.97. The van der Waals surface area contributed by atoms with Gasteiger partial charge in [0.1, 0.15) is 11.5 Å². The van der Waals surface area contributed by atoms with Crippen LogP contribution < -0.4 is 0 Å². The highest BCUT2D eigenvalue weighted by Crippen LogP contribution is 2.31. The van der Waals surface area contributed by atoms with E-state index in [4.69, 9.17) is 4.42 Å². The average molecular weight is 254 g/mol. The van der Waals surface area contributed by atoms with Gasteiger partial charge >= 0.3 is 0 Å². The molecular weight excluding hydrogens is 232 g/mol. The average Bonchev–Trinajstić information content (AvgIpc) is 2.71. The first-order valence-electron chi connectivity index (χ1n) is 6.42. The summed E-state index contributed by atoms with van der Waals surface area (Å²) in [7, 11) is 0. The van der Waals surface area contributed by atoms with Crippen molar-refractivity contribution >= 4 is 17.5 Å². The summed E-state index contributed by atoms with van der Waals surface area (Å²) in [6.07, 6.45) is 6.50. The van der Waals surface area contributed by atoms with Crippen molar-refractivity contribution < 1.29 is 9.21 Å². The van der Waals surface area contributed by atoms with E-state index < -0.39 is 0 Å². The molecule has 1 rings (SSSR count). The summed E-state index contributed by atoms with van der Waals surface area (Å²) in [5.74, 6) is 1.30. The van der Waals surface area contributed by atoms with E-state index in [0.717, 1.165) is 36.3 Å². The summed E-state index contributed by atoms with van der Waals surface area (Å²) in [6.45, 7) is 6.19. The van der Waals surface area contributed by atoms with Gasteiger partial charge in [-0.3, -0.25) is 4.79 Å². The molecule has 3 heteroatoms. The van der Waals surface area contributed by atoms with Crippen molar-refractivity contribution in [2.75, 3.05) is 0 Å². The van der Waals surface area contributed by atoms with Crippen molar-refractivity contribution in [3.8, 4) is 0 Å². The summed E-state index contributed by atoms with van der Waals surface area (Å²) < 4.78 is 5.27. The first kappa shape index (κ1) is 14.4. The van der Waals surface area contributed by atoms with Gasteiger partial charge in [-0.05, 0) is 25.8 Å². The van der Waals surface area contributed by atoms with E-state index in [1.165, 1.54) is 0 Å². The highest BCUT2D eigenvalue weighted by Gasteiger charge is 2.19. The standard InChI is InChI=1S/C14H22O2S/c1-4-6-8-12(15)14(7-5-2)17-13-9-10-16-11(13)3/h9-10,14H,4-8H2,1-3H3. The Balaban J connectivity index is 2.59. The first-order chi connectivity index (χ1) is 8.19. The molecule has 1 unspecified atom stereocenters. The third kappa shape index (κ3) is 4.58. The monoisotopic (exact) mass is 254 g/mol. The molecule has 0 aliphatic carbocycles. The van der Waals surface area contributed by atoms with Crippen LogP contribution in [0.5, 0.6) is 0 Å². The van der Waals surface area contributed by atoms with Crippen LogP contribution in [0.2, 0.25) is 0 Å². The van der Waals surface area contributed by atoms with Gasteiger partial charge in [0, 0.05) is 11.3 Å². The number of rotatable bonds is 8. The lowest BCUT2D eigenvalue weighted by molar-refractivity contribution is -0.118. The van der Waals surface area contributed by atoms with Crippen molar-refractivity contribution in [2.24, 2.45) is 0 Å². The summed E-state index contributed by atoms with van der Waals surface area (Å²) >= 11 is 1.66. The number of hydrogen-bond acceptors (Lipinski definition) is 3. The van der Waals surface area contributed by atoms with E-state index in [1.807, 2.05) is 13.0 Å². The third-order valence-corrected chi connectivity index (χ3v) is 4.23. The number of hydrogen-bond donors (Lipinski definition) is 0. The van der Waals surface area contributed by atoms with E-state index in [0.29, 0.717) is 12.2 Å². The smallest absolute Gasteiger partial charge is 0.146 e. The van der Waals surface area contributed by atoms with Gasteiger partial charge in [-0.1, -0.05) is 26.7 Å². The molecule has 0 saturated carbocycles. The Hall–Kier alpha value is -0.700. The number of furan rings is 1. The van der Waals surface area contributed by atoms with Crippen LogP contribution in [0.1, 0.15) is 51.7 Å². The first-order valence-corrected chi connectivity index (χ1v) is 7.30. The zero-order chi connectivity index (χ0) is 12.7. The quantitative estimate of drug-likeness (QED) is 0.635. The van der Waals surface area contributed by atoms with E-state index in [1.54, 1.807) is 18.0 Å². The summed E-state index contributed by atoms with van der Waals surface area (Å²) in [5, 5.41) is 0.0999. The molecule has 1 aromatic rings. The summed E-state index contributed by atoms with van der Waals surface area (Å²) in [4.78, 5) is 13.2. The second kappa shape index (κ2) is 7.59. The number of Topliss-reactive ketones (excluding diaryl/α,β-unsaturated/α-hetero) is 1. The Kier molecular flexibility index (Phi) is 6.41. The van der Waals surface area contributed by atoms with Crippen LogP contribution in [0.4, 0.5) is 0 Å². The number of carbonyl (C=O) groups excluding carboxylic acids is 1. The number of ketones is 1. The number of carbonyl (C=O) groups is 1. The molecule has 96 valence electrons. The molecular formula is C14H22O2S. The molecule has 0 aliphatic heterocycles. The van der Waals surface area contributed by atoms with Crippen molar-refractivity contribution in [1.82, 2.24) is 0 Å². The molecule has 0 saturated heterocycles. The molecule has 0 aliphatic rings. The van der Waals surface area contributed by atoms with E-state index >= 15 is 0 Å². The molecule has 17 heavy (non-hydrogen) atoms. The molecule has 0 radical (unpaired) electrons. The van der Waals surface area contributed by atoms with Gasteiger partial charge in [-0.15, -0.1) is 11.8 Å². The molecule has 1 heterocycles. The van der Waals surface area contributed by atoms with Crippen LogP contribution in [0, 0.1) is 6.92 Å². The van der Waals surface area contributed by atoms with Gasteiger partial charge in [0.25, 0.3) is 0 Å². The maximum atomic E-state index is 12.1. The lowest BCUT2D eigenvalue weighted by Crippen LogP contribution is -2.16. The lowest BCUT2D eigenvalue weighted by atomic mass is 10.1. The lowest BCUT2D eigenvalue weighted by Gasteiger charge is -2.13. The molecule has 1 aromatic heterocycles. The molecule has 0 bridgehead atoms. The second-order valence-electron chi connectivity index (χ2n) is 4.31. The van der Waals surface area contributed by atoms with Crippen LogP contribution in [0.25, 0.3) is 0 Å². The number of thioether (sulfide) groups is 1. The number of unbranched alkanes of at least 4 members (excludes halogenated alkanes) is 1. The topological polar surface area (TPSA) is 30.2 Å². The van der Waals surface area contributed by atoms with Crippen LogP contribution >= 0.6 is 11.8 Å². The summed E-state index contributed by atoms with van der Waals surface area (Å²) in [5.41, 5.74) is 0. The fraction of sp³-hybridized carbons (Fsp3) is 0.643. The highest BCUT2D eigenvalue weighted by molar-refractivity contribution is 8.00. The van der Waals surface area contributed by atoms with Crippen LogP contribution in [-0.2, 0) is 4.79 Å². The Morgan fingerprint density at radius 1 is 1.41 bits per heavy atom. The molecule has 1 atom stereocenters. The van der Waals surface area contributed by atoms with Crippen molar-refractivity contribution in [3.63, 3.8) is 0 Å². The largest absolute Gasteiger partial charge is 0.468 e. The normalized spacial score (nSPS) is 12.6. The Bertz CT molecular complexity index is 344. The fourth-order valence-electron chi connectivity index (χ4n) is 1.71. The second-order valence-corrected chi connectivity index (χ2v) is 5.55. The van der Waals surface area contributed by atoms with Gasteiger partial charge in [0.05, 0.1) is 11.5 Å². The number of aryl methyl sites for hydroxylation is 1. The maximum Gasteiger partial charge on any atom is 0.146 e. The van der Waals surface area contributed by atoms with Gasteiger partial charge < -0.3 is 4.42 Å². The predicted molar refractivity (Wildman–Crippen MR) is 72.5 cm³/mol. The maximum absolute atomic E-state index is 12.1. The van der Waals surface area contributed by atoms with E-state index in [-0.39, 0.29) is 5.25 Å². The predicted octanol–water partition coefficient (Wildman–Crippen LogP) is 4.61. The third-order valence-electron chi connectivity index (χ3n) is 2.77. The highest BCUT2D eigenvalue weighted by atomic mass is 32.2. The minimum Gasteiger partial charge on any atom is -0.468 e. The van der Waals surface area contributed by atoms with Crippen LogP contribution in [0.3, 0.4) is 0 Å². The molecule has 0 aromatic carbocycles. The van der Waals surface area contributed by atoms with Crippen LogP contribution in [0.15, 0.2) is 21.6 Å². The zero-order valence-corrected chi connectivity index (χ0v) is 11.8. The molecule has 0 fully saturated rings. The molecule has 0 amide bonds. The molecule has 2 nitrogen and oxygen atoms in total. The van der Waals surface area contributed by atoms with Crippen LogP contribution in [-0.4, -0.2) is 11.0 Å². The Labute approximate surface area is 108 Å². The van der Waals surface area contributed by atoms with Gasteiger partial charge in [-0.2, -0.15) is 0 Å². The zero-order valence-electron chi connectivity index (χ0n) is 11.0. The van der Waals surface area contributed by atoms with Crippen molar-refractivity contribution in [3.05, 3.63) is 18.1 Å².